The molecule has 0 radical (unpaired) electrons. The number of benzene rings is 2. The Morgan fingerprint density at radius 2 is 1.67 bits per heavy atom. The highest BCUT2D eigenvalue weighted by molar-refractivity contribution is 6.07. The highest BCUT2D eigenvalue weighted by atomic mass is 19.4. The van der Waals surface area contributed by atoms with Crippen LogP contribution < -0.4 is 14.8 Å². The van der Waals surface area contributed by atoms with Gasteiger partial charge in [-0.3, -0.25) is 14.6 Å². The minimum atomic E-state index is -4.62. The van der Waals surface area contributed by atoms with E-state index >= 15 is 0 Å². The maximum atomic E-state index is 14.0. The van der Waals surface area contributed by atoms with Crippen molar-refractivity contribution in [2.45, 2.75) is 19.3 Å². The summed E-state index contributed by atoms with van der Waals surface area (Å²) in [5.74, 6) is 0.988. The number of nitrogens with zero attached hydrogens (tertiary/aromatic N) is 5. The van der Waals surface area contributed by atoms with Gasteiger partial charge in [0.25, 0.3) is 5.91 Å². The van der Waals surface area contributed by atoms with Crippen LogP contribution >= 0.6 is 0 Å². The summed E-state index contributed by atoms with van der Waals surface area (Å²) >= 11 is 0. The molecule has 2 aromatic heterocycles. The predicted molar refractivity (Wildman–Crippen MR) is 163 cm³/mol. The van der Waals surface area contributed by atoms with Gasteiger partial charge in [-0.2, -0.15) is 18.2 Å². The standard InChI is InChI=1S/C32H35F3N6O5/c1-39-25(31(42)37-24-18-23(32(33,34)35)16-22(30(24)43-2)19-40-8-12-44-13-9-40)17-21-4-3-5-26(29(21)39)46-28-6-7-36-27(38-28)20-41-10-14-45-15-11-41/h3-7,16-18H,8-15,19-20H2,1-2H3,(H,37,42). The number of methoxy groups -OCH3 is 1. The molecule has 11 nitrogen and oxygen atoms in total. The number of hydrogen-bond acceptors (Lipinski definition) is 9. The van der Waals surface area contributed by atoms with Crippen LogP contribution in [0.25, 0.3) is 10.9 Å². The van der Waals surface area contributed by atoms with Gasteiger partial charge in [0.15, 0.2) is 5.75 Å². The molecule has 0 unspecified atom stereocenters. The lowest BCUT2D eigenvalue weighted by atomic mass is 10.1. The number of carbonyl (C=O) groups excluding carboxylic acids is 1. The normalized spacial score (nSPS) is 16.5. The number of alkyl halides is 3. The summed E-state index contributed by atoms with van der Waals surface area (Å²) in [6.45, 7) is 5.83. The van der Waals surface area contributed by atoms with Gasteiger partial charge >= 0.3 is 6.18 Å². The van der Waals surface area contributed by atoms with Gasteiger partial charge in [-0.05, 0) is 24.3 Å². The van der Waals surface area contributed by atoms with Gasteiger partial charge in [0.1, 0.15) is 17.3 Å². The molecule has 244 valence electrons. The van der Waals surface area contributed by atoms with Gasteiger partial charge in [0.05, 0.1) is 56.8 Å². The monoisotopic (exact) mass is 640 g/mol. The smallest absolute Gasteiger partial charge is 0.416 e. The molecule has 0 spiro atoms. The van der Waals surface area contributed by atoms with Crippen molar-refractivity contribution in [1.82, 2.24) is 24.3 Å². The minimum Gasteiger partial charge on any atom is -0.494 e. The van der Waals surface area contributed by atoms with Gasteiger partial charge in [-0.25, -0.2) is 4.98 Å². The fraction of sp³-hybridized carbons (Fsp3) is 0.406. The van der Waals surface area contributed by atoms with E-state index in [0.717, 1.165) is 25.2 Å². The van der Waals surface area contributed by atoms with Crippen LogP contribution in [0.15, 0.2) is 48.7 Å². The highest BCUT2D eigenvalue weighted by Crippen LogP contribution is 2.39. The van der Waals surface area contributed by atoms with E-state index in [1.807, 2.05) is 11.0 Å². The Kier molecular flexibility index (Phi) is 9.40. The number of aryl methyl sites for hydroxylation is 1. The molecule has 2 saturated heterocycles. The van der Waals surface area contributed by atoms with E-state index in [1.165, 1.54) is 7.11 Å². The zero-order valence-electron chi connectivity index (χ0n) is 25.6. The zero-order chi connectivity index (χ0) is 32.3. The van der Waals surface area contributed by atoms with E-state index < -0.39 is 17.6 Å². The van der Waals surface area contributed by atoms with Crippen molar-refractivity contribution in [2.75, 3.05) is 65.0 Å². The van der Waals surface area contributed by atoms with Gasteiger partial charge in [-0.1, -0.05) is 12.1 Å². The number of ether oxygens (including phenoxy) is 4. The van der Waals surface area contributed by atoms with E-state index in [1.54, 1.807) is 42.1 Å². The second-order valence-electron chi connectivity index (χ2n) is 11.1. The van der Waals surface area contributed by atoms with Crippen molar-refractivity contribution < 1.29 is 36.9 Å². The molecule has 4 heterocycles. The molecule has 2 aliphatic heterocycles. The predicted octanol–water partition coefficient (Wildman–Crippen LogP) is 4.70. The first kappa shape index (κ1) is 31.7. The van der Waals surface area contributed by atoms with E-state index in [-0.39, 0.29) is 23.7 Å². The molecule has 4 aromatic rings. The van der Waals surface area contributed by atoms with Gasteiger partial charge in [-0.15, -0.1) is 0 Å². The first-order valence-corrected chi connectivity index (χ1v) is 15.0. The Hall–Kier alpha value is -4.24. The van der Waals surface area contributed by atoms with Gasteiger partial charge in [0.2, 0.25) is 5.88 Å². The van der Waals surface area contributed by atoms with E-state index in [4.69, 9.17) is 18.9 Å². The third-order valence-corrected chi connectivity index (χ3v) is 8.06. The minimum absolute atomic E-state index is 0.0684. The summed E-state index contributed by atoms with van der Waals surface area (Å²) in [7, 11) is 3.07. The van der Waals surface area contributed by atoms with Crippen molar-refractivity contribution in [1.29, 1.82) is 0 Å². The van der Waals surface area contributed by atoms with E-state index in [9.17, 15) is 18.0 Å². The molecule has 14 heteroatoms. The molecule has 6 rings (SSSR count). The second kappa shape index (κ2) is 13.6. The Morgan fingerprint density at radius 3 is 2.35 bits per heavy atom. The molecule has 0 saturated carbocycles. The number of rotatable bonds is 9. The first-order valence-electron chi connectivity index (χ1n) is 15.0. The molecule has 2 aliphatic rings. The SMILES string of the molecule is COc1c(CN2CCOCC2)cc(C(F)(F)F)cc1NC(=O)c1cc2cccc(Oc3ccnc(CN4CCOCC4)n3)c2n1C. The Labute approximate surface area is 263 Å². The van der Waals surface area contributed by atoms with Crippen LogP contribution in [0, 0.1) is 0 Å². The maximum Gasteiger partial charge on any atom is 0.416 e. The number of para-hydroxylation sites is 1. The quantitative estimate of drug-likeness (QED) is 0.279. The van der Waals surface area contributed by atoms with Crippen molar-refractivity contribution in [3.8, 4) is 17.4 Å². The van der Waals surface area contributed by atoms with Crippen LogP contribution in [0.4, 0.5) is 18.9 Å². The van der Waals surface area contributed by atoms with Crippen LogP contribution in [0.5, 0.6) is 17.4 Å². The van der Waals surface area contributed by atoms with Crippen molar-refractivity contribution in [3.63, 3.8) is 0 Å². The molecule has 0 bridgehead atoms. The van der Waals surface area contributed by atoms with Crippen molar-refractivity contribution in [3.05, 3.63) is 71.3 Å². The van der Waals surface area contributed by atoms with Crippen LogP contribution in [0.2, 0.25) is 0 Å². The lowest BCUT2D eigenvalue weighted by Crippen LogP contribution is -2.36. The zero-order valence-corrected chi connectivity index (χ0v) is 25.6. The van der Waals surface area contributed by atoms with Crippen LogP contribution in [0.3, 0.4) is 0 Å². The lowest BCUT2D eigenvalue weighted by molar-refractivity contribution is -0.137. The fourth-order valence-corrected chi connectivity index (χ4v) is 5.76. The number of hydrogen-bond donors (Lipinski definition) is 1. The number of anilines is 1. The molecule has 46 heavy (non-hydrogen) atoms. The third kappa shape index (κ3) is 7.09. The average Bonchev–Trinajstić information content (AvgIpc) is 3.39. The molecule has 0 aliphatic carbocycles. The van der Waals surface area contributed by atoms with Crippen LogP contribution in [0.1, 0.15) is 27.4 Å². The summed E-state index contributed by atoms with van der Waals surface area (Å²) in [5, 5.41) is 3.39. The molecular formula is C32H35F3N6O5. The number of amides is 1. The largest absolute Gasteiger partial charge is 0.494 e. The summed E-state index contributed by atoms with van der Waals surface area (Å²) in [4.78, 5) is 26.8. The Morgan fingerprint density at radius 1 is 0.978 bits per heavy atom. The number of fused-ring (bicyclic) bond motifs is 1. The molecule has 0 atom stereocenters. The fourth-order valence-electron chi connectivity index (χ4n) is 5.76. The van der Waals surface area contributed by atoms with Crippen molar-refractivity contribution in [2.24, 2.45) is 7.05 Å². The number of halogens is 3. The summed E-state index contributed by atoms with van der Waals surface area (Å²) in [6.07, 6.45) is -2.99. The molecular weight excluding hydrogens is 605 g/mol. The highest BCUT2D eigenvalue weighted by Gasteiger charge is 2.33. The number of morpholine rings is 2. The average molecular weight is 641 g/mol. The lowest BCUT2D eigenvalue weighted by Gasteiger charge is -2.28. The summed E-state index contributed by atoms with van der Waals surface area (Å²) in [6, 6.07) is 10.7. The first-order chi connectivity index (χ1) is 22.2. The van der Waals surface area contributed by atoms with E-state index in [0.29, 0.717) is 80.0 Å². The van der Waals surface area contributed by atoms with Crippen molar-refractivity contribution >= 4 is 22.5 Å². The van der Waals surface area contributed by atoms with Crippen LogP contribution in [-0.4, -0.2) is 90.0 Å². The summed E-state index contributed by atoms with van der Waals surface area (Å²) in [5.41, 5.74) is 0.208. The number of nitrogens with one attached hydrogen (secondary N) is 1. The van der Waals surface area contributed by atoms with Gasteiger partial charge < -0.3 is 28.8 Å². The Balaban J connectivity index is 1.27. The maximum absolute atomic E-state index is 14.0. The summed E-state index contributed by atoms with van der Waals surface area (Å²) < 4.78 is 66.1. The van der Waals surface area contributed by atoms with Gasteiger partial charge in [0, 0.05) is 63.0 Å². The van der Waals surface area contributed by atoms with Crippen LogP contribution in [-0.2, 0) is 35.8 Å². The molecule has 2 fully saturated rings. The number of carbonyl (C=O) groups is 1. The molecule has 2 aromatic carbocycles. The topological polar surface area (TPSA) is 103 Å². The van der Waals surface area contributed by atoms with E-state index in [2.05, 4.69) is 20.2 Å². The second-order valence-corrected chi connectivity index (χ2v) is 11.1. The third-order valence-electron chi connectivity index (χ3n) is 8.06. The molecule has 1 amide bonds. The molecule has 1 N–H and O–H groups in total. The Bertz CT molecular complexity index is 1700. The number of aromatic nitrogens is 3.